The molecule has 1 aliphatic carbocycles. The quantitative estimate of drug-likeness (QED) is 0.934. The van der Waals surface area contributed by atoms with E-state index in [1.807, 2.05) is 30.3 Å². The van der Waals surface area contributed by atoms with Gasteiger partial charge in [-0.05, 0) is 37.8 Å². The average Bonchev–Trinajstić information content (AvgIpc) is 3.15. The normalized spacial score (nSPS) is 20.3. The highest BCUT2D eigenvalue weighted by Gasteiger charge is 2.40. The molecule has 0 spiro atoms. The van der Waals surface area contributed by atoms with Gasteiger partial charge in [0.2, 0.25) is 5.89 Å². The summed E-state index contributed by atoms with van der Waals surface area (Å²) in [4.78, 5) is 30.1. The minimum Gasteiger partial charge on any atom is -0.480 e. The van der Waals surface area contributed by atoms with Crippen molar-refractivity contribution in [1.82, 2.24) is 9.88 Å². The van der Waals surface area contributed by atoms with E-state index in [2.05, 4.69) is 4.98 Å². The molecule has 2 aromatic rings. The lowest BCUT2D eigenvalue weighted by Gasteiger charge is -2.20. The maximum absolute atomic E-state index is 12.9. The van der Waals surface area contributed by atoms with Crippen LogP contribution in [0.5, 0.6) is 0 Å². The van der Waals surface area contributed by atoms with Gasteiger partial charge in [0.15, 0.2) is 5.69 Å². The number of carbonyl (C=O) groups excluding carboxylic acids is 1. The van der Waals surface area contributed by atoms with Gasteiger partial charge in [-0.15, -0.1) is 0 Å². The van der Waals surface area contributed by atoms with Crippen LogP contribution in [0.3, 0.4) is 0 Å². The number of hydrogen-bond acceptors (Lipinski definition) is 4. The molecule has 1 aromatic carbocycles. The molecule has 2 fully saturated rings. The summed E-state index contributed by atoms with van der Waals surface area (Å²) in [6.07, 6.45) is 3.15. The number of nitrogens with zero attached hydrogens (tertiary/aromatic N) is 2. The largest absolute Gasteiger partial charge is 0.480 e. The average molecular weight is 326 g/mol. The summed E-state index contributed by atoms with van der Waals surface area (Å²) in [5.74, 6) is -0.0325. The van der Waals surface area contributed by atoms with Crippen LogP contribution in [0.4, 0.5) is 0 Å². The van der Waals surface area contributed by atoms with Crippen molar-refractivity contribution in [1.29, 1.82) is 0 Å². The van der Waals surface area contributed by atoms with Gasteiger partial charge < -0.3 is 14.4 Å². The first-order valence-electron chi connectivity index (χ1n) is 8.25. The predicted octanol–water partition coefficient (Wildman–Crippen LogP) is 2.91. The Morgan fingerprint density at radius 2 is 1.92 bits per heavy atom. The molecule has 1 aliphatic heterocycles. The van der Waals surface area contributed by atoms with E-state index in [9.17, 15) is 14.7 Å². The van der Waals surface area contributed by atoms with Crippen molar-refractivity contribution in [3.63, 3.8) is 0 Å². The first kappa shape index (κ1) is 14.9. The van der Waals surface area contributed by atoms with Gasteiger partial charge in [0.25, 0.3) is 5.91 Å². The van der Waals surface area contributed by atoms with Crippen molar-refractivity contribution in [2.45, 2.75) is 37.6 Å². The van der Waals surface area contributed by atoms with Gasteiger partial charge in [0, 0.05) is 18.0 Å². The molecule has 1 aromatic heterocycles. The molecule has 0 radical (unpaired) electrons. The van der Waals surface area contributed by atoms with Crippen LogP contribution >= 0.6 is 0 Å². The molecule has 24 heavy (non-hydrogen) atoms. The Bertz CT molecular complexity index is 780. The van der Waals surface area contributed by atoms with Crippen LogP contribution in [-0.2, 0) is 4.79 Å². The van der Waals surface area contributed by atoms with E-state index in [-0.39, 0.29) is 17.5 Å². The summed E-state index contributed by atoms with van der Waals surface area (Å²) in [7, 11) is 0. The number of carboxylic acids is 1. The number of rotatable bonds is 4. The number of benzene rings is 1. The number of amides is 1. The minimum atomic E-state index is -0.958. The predicted molar refractivity (Wildman–Crippen MR) is 85.6 cm³/mol. The SMILES string of the molecule is O=C(O)[C@@H]1CCCN1C(=O)c1nc(-c2ccccc2)oc1C1CC1. The lowest BCUT2D eigenvalue weighted by Crippen LogP contribution is -2.40. The fourth-order valence-corrected chi connectivity index (χ4v) is 3.21. The van der Waals surface area contributed by atoms with Crippen molar-refractivity contribution in [2.75, 3.05) is 6.54 Å². The lowest BCUT2D eigenvalue weighted by atomic mass is 10.2. The minimum absolute atomic E-state index is 0.222. The Hall–Kier alpha value is -2.63. The summed E-state index contributed by atoms with van der Waals surface area (Å²) in [6.45, 7) is 0.452. The monoisotopic (exact) mass is 326 g/mol. The van der Waals surface area contributed by atoms with E-state index in [0.29, 0.717) is 31.0 Å². The molecule has 124 valence electrons. The topological polar surface area (TPSA) is 83.6 Å². The Kier molecular flexibility index (Phi) is 3.59. The zero-order valence-corrected chi connectivity index (χ0v) is 13.1. The molecule has 0 bridgehead atoms. The highest BCUT2D eigenvalue weighted by molar-refractivity contribution is 5.96. The molecule has 4 rings (SSSR count). The highest BCUT2D eigenvalue weighted by Crippen LogP contribution is 2.43. The summed E-state index contributed by atoms with van der Waals surface area (Å²) < 4.78 is 5.90. The lowest BCUT2D eigenvalue weighted by molar-refractivity contribution is -0.141. The zero-order valence-electron chi connectivity index (χ0n) is 13.1. The van der Waals surface area contributed by atoms with Crippen LogP contribution in [0.15, 0.2) is 34.7 Å². The smallest absolute Gasteiger partial charge is 0.326 e. The maximum atomic E-state index is 12.9. The summed E-state index contributed by atoms with van der Waals surface area (Å²) >= 11 is 0. The van der Waals surface area contributed by atoms with Gasteiger partial charge in [0.05, 0.1) is 0 Å². The van der Waals surface area contributed by atoms with Gasteiger partial charge in [-0.3, -0.25) is 4.79 Å². The number of hydrogen-bond donors (Lipinski definition) is 1. The molecule has 0 unspecified atom stereocenters. The van der Waals surface area contributed by atoms with Gasteiger partial charge >= 0.3 is 5.97 Å². The van der Waals surface area contributed by atoms with E-state index in [1.165, 1.54) is 4.90 Å². The zero-order chi connectivity index (χ0) is 16.7. The second kappa shape index (κ2) is 5.78. The third-order valence-corrected chi connectivity index (χ3v) is 4.62. The number of carboxylic acid groups (broad SMARTS) is 1. The molecule has 1 saturated carbocycles. The number of aromatic nitrogens is 1. The first-order chi connectivity index (χ1) is 11.6. The second-order valence-electron chi connectivity index (χ2n) is 6.37. The van der Waals surface area contributed by atoms with Crippen LogP contribution < -0.4 is 0 Å². The second-order valence-corrected chi connectivity index (χ2v) is 6.37. The summed E-state index contributed by atoms with van der Waals surface area (Å²) in [6, 6.07) is 8.68. The molecular formula is C18H18N2O4. The van der Waals surface area contributed by atoms with Crippen LogP contribution in [-0.4, -0.2) is 39.5 Å². The molecule has 1 N–H and O–H groups in total. The van der Waals surface area contributed by atoms with Gasteiger partial charge in [0.1, 0.15) is 11.8 Å². The fourth-order valence-electron chi connectivity index (χ4n) is 3.21. The Morgan fingerprint density at radius 1 is 1.17 bits per heavy atom. The third kappa shape index (κ3) is 2.58. The number of likely N-dealkylation sites (tertiary alicyclic amines) is 1. The molecule has 6 nitrogen and oxygen atoms in total. The van der Waals surface area contributed by atoms with Crippen molar-refractivity contribution in [3.05, 3.63) is 41.8 Å². The van der Waals surface area contributed by atoms with Crippen LogP contribution in [0.2, 0.25) is 0 Å². The maximum Gasteiger partial charge on any atom is 0.326 e. The molecule has 2 aliphatic rings. The molecular weight excluding hydrogens is 308 g/mol. The third-order valence-electron chi connectivity index (χ3n) is 4.62. The standard InChI is InChI=1S/C18H18N2O4/c21-17(20-10-4-7-13(20)18(22)23)14-15(11-8-9-11)24-16(19-14)12-5-2-1-3-6-12/h1-3,5-6,11,13H,4,7-10H2,(H,22,23)/t13-/m0/s1. The Morgan fingerprint density at radius 3 is 2.58 bits per heavy atom. The molecule has 6 heteroatoms. The molecule has 1 atom stereocenters. The van der Waals surface area contributed by atoms with Crippen molar-refractivity contribution >= 4 is 11.9 Å². The van der Waals surface area contributed by atoms with E-state index in [0.717, 1.165) is 18.4 Å². The molecule has 1 saturated heterocycles. The summed E-state index contributed by atoms with van der Waals surface area (Å²) in [5, 5.41) is 9.32. The first-order valence-corrected chi connectivity index (χ1v) is 8.25. The van der Waals surface area contributed by atoms with Gasteiger partial charge in [-0.1, -0.05) is 18.2 Å². The number of carbonyl (C=O) groups is 2. The van der Waals surface area contributed by atoms with E-state index in [1.54, 1.807) is 0 Å². The Balaban J connectivity index is 1.70. The fraction of sp³-hybridized carbons (Fsp3) is 0.389. The van der Waals surface area contributed by atoms with Crippen LogP contribution in [0, 0.1) is 0 Å². The van der Waals surface area contributed by atoms with E-state index in [4.69, 9.17) is 4.42 Å². The van der Waals surface area contributed by atoms with E-state index < -0.39 is 12.0 Å². The molecule has 2 heterocycles. The highest BCUT2D eigenvalue weighted by atomic mass is 16.4. The van der Waals surface area contributed by atoms with Crippen LogP contribution in [0.25, 0.3) is 11.5 Å². The number of oxazole rings is 1. The van der Waals surface area contributed by atoms with Crippen molar-refractivity contribution in [3.8, 4) is 11.5 Å². The van der Waals surface area contributed by atoms with Gasteiger partial charge in [-0.2, -0.15) is 0 Å². The summed E-state index contributed by atoms with van der Waals surface area (Å²) in [5.41, 5.74) is 1.10. The Labute approximate surface area is 139 Å². The van der Waals surface area contributed by atoms with E-state index >= 15 is 0 Å². The van der Waals surface area contributed by atoms with Crippen LogP contribution in [0.1, 0.15) is 47.8 Å². The van der Waals surface area contributed by atoms with Crippen molar-refractivity contribution in [2.24, 2.45) is 0 Å². The van der Waals surface area contributed by atoms with Crippen molar-refractivity contribution < 1.29 is 19.1 Å². The molecule has 1 amide bonds. The van der Waals surface area contributed by atoms with Gasteiger partial charge in [-0.25, -0.2) is 9.78 Å². The number of aliphatic carboxylic acids is 1.